The Morgan fingerprint density at radius 3 is 2.73 bits per heavy atom. The number of anilines is 1. The third-order valence-corrected chi connectivity index (χ3v) is 5.59. The monoisotopic (exact) mass is 344 g/mol. The topological polar surface area (TPSA) is 23.6 Å². The van der Waals surface area contributed by atoms with Crippen LogP contribution in [0.25, 0.3) is 0 Å². The van der Waals surface area contributed by atoms with E-state index in [-0.39, 0.29) is 11.9 Å². The molecule has 1 heterocycles. The van der Waals surface area contributed by atoms with Gasteiger partial charge in [0.05, 0.1) is 13.1 Å². The van der Waals surface area contributed by atoms with Gasteiger partial charge >= 0.3 is 0 Å². The summed E-state index contributed by atoms with van der Waals surface area (Å²) in [6, 6.07) is 17.0. The number of rotatable bonds is 4. The van der Waals surface area contributed by atoms with Gasteiger partial charge in [-0.15, -0.1) is 6.42 Å². The van der Waals surface area contributed by atoms with Gasteiger partial charge < -0.3 is 4.90 Å². The quantitative estimate of drug-likeness (QED) is 0.792. The van der Waals surface area contributed by atoms with Gasteiger partial charge in [0.15, 0.2) is 0 Å². The second kappa shape index (κ2) is 7.35. The number of terminal acetylenes is 1. The maximum absolute atomic E-state index is 13.1. The first kappa shape index (κ1) is 16.9. The number of hydrogen-bond acceptors (Lipinski definition) is 2. The molecular formula is C23H24N2O. The van der Waals surface area contributed by atoms with E-state index in [1.54, 1.807) is 0 Å². The Morgan fingerprint density at radius 2 is 1.88 bits per heavy atom. The largest absolute Gasteiger partial charge is 0.311 e. The summed E-state index contributed by atoms with van der Waals surface area (Å²) in [7, 11) is 0. The van der Waals surface area contributed by atoms with Crippen molar-refractivity contribution in [3.8, 4) is 12.3 Å². The molecule has 0 N–H and O–H groups in total. The van der Waals surface area contributed by atoms with Crippen LogP contribution in [0.1, 0.15) is 35.6 Å². The van der Waals surface area contributed by atoms with Crippen LogP contribution in [0, 0.1) is 12.3 Å². The third kappa shape index (κ3) is 3.13. The molecule has 1 aliphatic heterocycles. The Bertz CT molecular complexity index is 851. The second-order valence-electron chi connectivity index (χ2n) is 7.14. The van der Waals surface area contributed by atoms with E-state index in [0.29, 0.717) is 13.1 Å². The Labute approximate surface area is 155 Å². The predicted molar refractivity (Wildman–Crippen MR) is 105 cm³/mol. The number of benzene rings is 2. The van der Waals surface area contributed by atoms with Gasteiger partial charge in [-0.2, -0.15) is 0 Å². The zero-order valence-corrected chi connectivity index (χ0v) is 15.0. The summed E-state index contributed by atoms with van der Waals surface area (Å²) in [4.78, 5) is 17.3. The van der Waals surface area contributed by atoms with Gasteiger partial charge in [0.25, 0.3) is 0 Å². The molecule has 0 saturated carbocycles. The molecule has 0 saturated heterocycles. The minimum Gasteiger partial charge on any atom is -0.311 e. The van der Waals surface area contributed by atoms with E-state index < -0.39 is 0 Å². The lowest BCUT2D eigenvalue weighted by Gasteiger charge is -2.33. The second-order valence-corrected chi connectivity index (χ2v) is 7.14. The van der Waals surface area contributed by atoms with Crippen molar-refractivity contribution in [2.24, 2.45) is 0 Å². The molecule has 26 heavy (non-hydrogen) atoms. The SMILES string of the molecule is C#CCN(CC(=O)N1CCCc2ccccc21)C1CCc2ccccc21. The smallest absolute Gasteiger partial charge is 0.241 e. The Morgan fingerprint density at radius 1 is 1.12 bits per heavy atom. The standard InChI is InChI=1S/C23H24N2O/c1-2-15-24(22-14-13-18-8-3-5-11-20(18)22)17-23(26)25-16-7-10-19-9-4-6-12-21(19)25/h1,3-6,8-9,11-12,22H,7,10,13-17H2. The number of carbonyl (C=O) groups excluding carboxylic acids is 1. The Kier molecular flexibility index (Phi) is 4.77. The van der Waals surface area contributed by atoms with Crippen molar-refractivity contribution in [3.63, 3.8) is 0 Å². The molecule has 4 rings (SSSR count). The average Bonchev–Trinajstić information content (AvgIpc) is 3.11. The van der Waals surface area contributed by atoms with E-state index in [2.05, 4.69) is 47.2 Å². The zero-order valence-electron chi connectivity index (χ0n) is 15.0. The molecule has 0 bridgehead atoms. The van der Waals surface area contributed by atoms with Crippen LogP contribution in [-0.2, 0) is 17.6 Å². The number of carbonyl (C=O) groups is 1. The van der Waals surface area contributed by atoms with Crippen molar-refractivity contribution >= 4 is 11.6 Å². The van der Waals surface area contributed by atoms with Gasteiger partial charge in [-0.05, 0) is 48.4 Å². The molecular weight excluding hydrogens is 320 g/mol. The number of aryl methyl sites for hydroxylation is 2. The summed E-state index contributed by atoms with van der Waals surface area (Å²) in [6.45, 7) is 1.67. The minimum atomic E-state index is 0.150. The van der Waals surface area contributed by atoms with Crippen LogP contribution in [0.3, 0.4) is 0 Å². The first-order chi connectivity index (χ1) is 12.8. The number of fused-ring (bicyclic) bond motifs is 2. The van der Waals surface area contributed by atoms with E-state index in [1.807, 2.05) is 17.0 Å². The van der Waals surface area contributed by atoms with E-state index in [9.17, 15) is 4.79 Å². The number of para-hydroxylation sites is 1. The van der Waals surface area contributed by atoms with Crippen LogP contribution in [0.2, 0.25) is 0 Å². The van der Waals surface area contributed by atoms with Crippen LogP contribution < -0.4 is 4.90 Å². The number of nitrogens with zero attached hydrogens (tertiary/aromatic N) is 2. The normalized spacial score (nSPS) is 18.3. The third-order valence-electron chi connectivity index (χ3n) is 5.59. The van der Waals surface area contributed by atoms with Gasteiger partial charge in [-0.3, -0.25) is 9.69 Å². The summed E-state index contributed by atoms with van der Waals surface area (Å²) in [5.41, 5.74) is 5.04. The van der Waals surface area contributed by atoms with Gasteiger partial charge in [0.2, 0.25) is 5.91 Å². The maximum atomic E-state index is 13.1. The van der Waals surface area contributed by atoms with Crippen LogP contribution in [0.5, 0.6) is 0 Å². The highest BCUT2D eigenvalue weighted by molar-refractivity contribution is 5.96. The highest BCUT2D eigenvalue weighted by Crippen LogP contribution is 2.35. The fraction of sp³-hybridized carbons (Fsp3) is 0.348. The number of amides is 1. The summed E-state index contributed by atoms with van der Waals surface area (Å²) >= 11 is 0. The van der Waals surface area contributed by atoms with Crippen molar-refractivity contribution in [1.29, 1.82) is 0 Å². The molecule has 1 atom stereocenters. The first-order valence-electron chi connectivity index (χ1n) is 9.41. The molecule has 1 amide bonds. The molecule has 3 nitrogen and oxygen atoms in total. The van der Waals surface area contributed by atoms with E-state index in [1.165, 1.54) is 16.7 Å². The first-order valence-corrected chi connectivity index (χ1v) is 9.41. The fourth-order valence-corrected chi connectivity index (χ4v) is 4.36. The predicted octanol–water partition coefficient (Wildman–Crippen LogP) is 3.59. The molecule has 2 aromatic carbocycles. The average molecular weight is 344 g/mol. The fourth-order valence-electron chi connectivity index (χ4n) is 4.36. The molecule has 2 aliphatic rings. The van der Waals surface area contributed by atoms with E-state index in [4.69, 9.17) is 6.42 Å². The summed E-state index contributed by atoms with van der Waals surface area (Å²) in [5.74, 6) is 2.91. The summed E-state index contributed by atoms with van der Waals surface area (Å²) < 4.78 is 0. The van der Waals surface area contributed by atoms with Crippen LogP contribution >= 0.6 is 0 Å². The number of hydrogen-bond donors (Lipinski definition) is 0. The van der Waals surface area contributed by atoms with Crippen LogP contribution in [0.15, 0.2) is 48.5 Å². The molecule has 132 valence electrons. The van der Waals surface area contributed by atoms with E-state index in [0.717, 1.165) is 37.9 Å². The summed E-state index contributed by atoms with van der Waals surface area (Å²) in [6.07, 6.45) is 9.79. The van der Waals surface area contributed by atoms with Crippen molar-refractivity contribution in [1.82, 2.24) is 4.90 Å². The molecule has 1 aliphatic carbocycles. The van der Waals surface area contributed by atoms with Gasteiger partial charge in [0, 0.05) is 18.3 Å². The van der Waals surface area contributed by atoms with Crippen molar-refractivity contribution in [3.05, 3.63) is 65.2 Å². The lowest BCUT2D eigenvalue weighted by Crippen LogP contribution is -2.43. The highest BCUT2D eigenvalue weighted by Gasteiger charge is 2.30. The van der Waals surface area contributed by atoms with Crippen LogP contribution in [0.4, 0.5) is 5.69 Å². The van der Waals surface area contributed by atoms with E-state index >= 15 is 0 Å². The lowest BCUT2D eigenvalue weighted by molar-refractivity contribution is -0.120. The highest BCUT2D eigenvalue weighted by atomic mass is 16.2. The Hall–Kier alpha value is -2.57. The van der Waals surface area contributed by atoms with Crippen molar-refractivity contribution in [2.75, 3.05) is 24.5 Å². The van der Waals surface area contributed by atoms with Crippen molar-refractivity contribution in [2.45, 2.75) is 31.7 Å². The zero-order chi connectivity index (χ0) is 17.9. The molecule has 2 aromatic rings. The molecule has 0 radical (unpaired) electrons. The maximum Gasteiger partial charge on any atom is 0.241 e. The van der Waals surface area contributed by atoms with Crippen LogP contribution in [-0.4, -0.2) is 30.4 Å². The van der Waals surface area contributed by atoms with Gasteiger partial charge in [-0.1, -0.05) is 48.4 Å². The van der Waals surface area contributed by atoms with Gasteiger partial charge in [-0.25, -0.2) is 0 Å². The molecule has 3 heteroatoms. The minimum absolute atomic E-state index is 0.150. The molecule has 0 spiro atoms. The summed E-state index contributed by atoms with van der Waals surface area (Å²) in [5, 5.41) is 0. The molecule has 1 unspecified atom stereocenters. The van der Waals surface area contributed by atoms with Crippen molar-refractivity contribution < 1.29 is 4.79 Å². The Balaban J connectivity index is 1.55. The molecule has 0 fully saturated rings. The lowest BCUT2D eigenvalue weighted by atomic mass is 10.0. The van der Waals surface area contributed by atoms with Gasteiger partial charge in [0.1, 0.15) is 0 Å². The molecule has 0 aromatic heterocycles.